The van der Waals surface area contributed by atoms with Crippen LogP contribution in [0.2, 0.25) is 0 Å². The first kappa shape index (κ1) is 27.4. The molecule has 0 aliphatic heterocycles. The summed E-state index contributed by atoms with van der Waals surface area (Å²) in [6.45, 7) is 4.48. The molecule has 0 saturated heterocycles. The van der Waals surface area contributed by atoms with Gasteiger partial charge in [-0.05, 0) is 25.7 Å². The van der Waals surface area contributed by atoms with E-state index in [1.54, 1.807) is 6.08 Å². The van der Waals surface area contributed by atoms with Gasteiger partial charge in [0.2, 0.25) is 0 Å². The minimum atomic E-state index is -0.541. The second-order valence-electron chi connectivity index (χ2n) is 7.31. The van der Waals surface area contributed by atoms with E-state index >= 15 is 0 Å². The van der Waals surface area contributed by atoms with Crippen molar-refractivity contribution in [3.8, 4) is 0 Å². The summed E-state index contributed by atoms with van der Waals surface area (Å²) in [6.07, 6.45) is 23.0. The van der Waals surface area contributed by atoms with E-state index in [9.17, 15) is 9.59 Å². The molecule has 0 spiro atoms. The molecule has 0 atom stereocenters. The van der Waals surface area contributed by atoms with Crippen molar-refractivity contribution in [2.75, 3.05) is 13.2 Å². The largest absolute Gasteiger partial charge is 0.460 e. The Bertz CT molecular complexity index is 403. The lowest BCUT2D eigenvalue weighted by Crippen LogP contribution is -2.10. The van der Waals surface area contributed by atoms with Crippen molar-refractivity contribution < 1.29 is 24.1 Å². The number of carbonyl (C=O) groups excluding carboxylic acids is 2. The number of hydrogen-bond acceptors (Lipinski definition) is 5. The van der Waals surface area contributed by atoms with Crippen LogP contribution in [-0.4, -0.2) is 25.2 Å². The Balaban J connectivity index is 3.46. The van der Waals surface area contributed by atoms with Crippen molar-refractivity contribution in [3.63, 3.8) is 0 Å². The molecule has 168 valence electrons. The van der Waals surface area contributed by atoms with Crippen LogP contribution in [0.15, 0.2) is 24.3 Å². The molecule has 0 heterocycles. The van der Waals surface area contributed by atoms with Crippen LogP contribution in [0.5, 0.6) is 0 Å². The maximum Gasteiger partial charge on any atom is 0.365 e. The van der Waals surface area contributed by atoms with Gasteiger partial charge in [0.15, 0.2) is 0 Å². The van der Waals surface area contributed by atoms with Gasteiger partial charge in [0.05, 0.1) is 0 Å². The zero-order chi connectivity index (χ0) is 21.4. The third-order valence-corrected chi connectivity index (χ3v) is 4.51. The first-order valence-corrected chi connectivity index (χ1v) is 11.5. The summed E-state index contributed by atoms with van der Waals surface area (Å²) >= 11 is 0. The minimum absolute atomic E-state index is 0.0218. The monoisotopic (exact) mass is 410 g/mol. The molecule has 0 radical (unpaired) electrons. The van der Waals surface area contributed by atoms with E-state index in [0.29, 0.717) is 0 Å². The van der Waals surface area contributed by atoms with E-state index in [1.165, 1.54) is 76.4 Å². The predicted molar refractivity (Wildman–Crippen MR) is 117 cm³/mol. The highest BCUT2D eigenvalue weighted by Gasteiger charge is 2.00. The van der Waals surface area contributed by atoms with E-state index in [4.69, 9.17) is 9.62 Å². The van der Waals surface area contributed by atoms with Crippen LogP contribution < -0.4 is 0 Å². The molecule has 0 aliphatic carbocycles. The smallest absolute Gasteiger partial charge is 0.365 e. The lowest BCUT2D eigenvalue weighted by molar-refractivity contribution is -0.270. The van der Waals surface area contributed by atoms with Gasteiger partial charge in [-0.1, -0.05) is 90.2 Å². The average Bonchev–Trinajstić information content (AvgIpc) is 2.71. The van der Waals surface area contributed by atoms with Crippen LogP contribution in [0.3, 0.4) is 0 Å². The second kappa shape index (κ2) is 22.7. The molecule has 0 aromatic heterocycles. The van der Waals surface area contributed by atoms with Crippen LogP contribution in [0.4, 0.5) is 0 Å². The molecule has 0 saturated carbocycles. The van der Waals surface area contributed by atoms with Crippen LogP contribution in [-0.2, 0) is 24.1 Å². The maximum atomic E-state index is 11.5. The molecule has 0 unspecified atom stereocenters. The predicted octanol–water partition coefficient (Wildman–Crippen LogP) is 6.62. The summed E-state index contributed by atoms with van der Waals surface area (Å²) in [7, 11) is 0. The first-order chi connectivity index (χ1) is 14.2. The summed E-state index contributed by atoms with van der Waals surface area (Å²) in [5.41, 5.74) is 0. The molecule has 0 fully saturated rings. The van der Waals surface area contributed by atoms with E-state index in [-0.39, 0.29) is 13.2 Å². The molecule has 0 bridgehead atoms. The lowest BCUT2D eigenvalue weighted by Gasteiger charge is -2.02. The van der Waals surface area contributed by atoms with Gasteiger partial charge in [-0.3, -0.25) is 4.89 Å². The van der Waals surface area contributed by atoms with E-state index in [2.05, 4.69) is 18.7 Å². The van der Waals surface area contributed by atoms with Gasteiger partial charge in [0.1, 0.15) is 13.2 Å². The average molecular weight is 411 g/mol. The highest BCUT2D eigenvalue weighted by Crippen LogP contribution is 2.08. The topological polar surface area (TPSA) is 61.8 Å². The van der Waals surface area contributed by atoms with Crippen LogP contribution in [0.1, 0.15) is 104 Å². The zero-order valence-corrected chi connectivity index (χ0v) is 18.7. The first-order valence-electron chi connectivity index (χ1n) is 11.5. The number of rotatable bonds is 20. The van der Waals surface area contributed by atoms with Crippen molar-refractivity contribution in [2.45, 2.75) is 104 Å². The fourth-order valence-electron chi connectivity index (χ4n) is 2.80. The molecule has 5 heteroatoms. The van der Waals surface area contributed by atoms with Crippen LogP contribution in [0, 0.1) is 0 Å². The second-order valence-corrected chi connectivity index (χ2v) is 7.31. The van der Waals surface area contributed by atoms with Gasteiger partial charge in [0, 0.05) is 12.2 Å². The van der Waals surface area contributed by atoms with Gasteiger partial charge >= 0.3 is 11.9 Å². The van der Waals surface area contributed by atoms with Crippen molar-refractivity contribution >= 4 is 11.9 Å². The van der Waals surface area contributed by atoms with Gasteiger partial charge in [-0.2, -0.15) is 4.89 Å². The Kier molecular flexibility index (Phi) is 21.4. The molecular weight excluding hydrogens is 368 g/mol. The number of ether oxygens (including phenoxy) is 1. The van der Waals surface area contributed by atoms with Crippen molar-refractivity contribution in [3.05, 3.63) is 24.3 Å². The third-order valence-electron chi connectivity index (χ3n) is 4.51. The summed E-state index contributed by atoms with van der Waals surface area (Å²) in [5.74, 6) is -0.939. The van der Waals surface area contributed by atoms with E-state index < -0.39 is 11.9 Å². The van der Waals surface area contributed by atoms with E-state index in [0.717, 1.165) is 25.7 Å². The fourth-order valence-corrected chi connectivity index (χ4v) is 2.80. The molecule has 0 aliphatic rings. The molecule has 0 amide bonds. The number of allylic oxidation sites excluding steroid dienone is 2. The summed E-state index contributed by atoms with van der Waals surface area (Å²) in [4.78, 5) is 32.3. The van der Waals surface area contributed by atoms with Gasteiger partial charge in [0.25, 0.3) is 0 Å². The Morgan fingerprint density at radius 2 is 1.10 bits per heavy atom. The van der Waals surface area contributed by atoms with Crippen molar-refractivity contribution in [1.29, 1.82) is 0 Å². The Morgan fingerprint density at radius 3 is 1.66 bits per heavy atom. The highest BCUT2D eigenvalue weighted by atomic mass is 17.2. The van der Waals surface area contributed by atoms with Gasteiger partial charge in [-0.15, -0.1) is 0 Å². The maximum absolute atomic E-state index is 11.5. The SMILES string of the molecule is CCCCCCCCC=CC(=O)OCCOOC(=O)C=CCCCCCCCC. The molecule has 29 heavy (non-hydrogen) atoms. The van der Waals surface area contributed by atoms with Crippen molar-refractivity contribution in [2.24, 2.45) is 0 Å². The number of esters is 1. The van der Waals surface area contributed by atoms with Crippen molar-refractivity contribution in [1.82, 2.24) is 0 Å². The molecule has 0 rings (SSSR count). The Morgan fingerprint density at radius 1 is 0.621 bits per heavy atom. The molecule has 5 nitrogen and oxygen atoms in total. The third kappa shape index (κ3) is 22.5. The quantitative estimate of drug-likeness (QED) is 0.0742. The summed E-state index contributed by atoms with van der Waals surface area (Å²) in [5, 5.41) is 0. The zero-order valence-electron chi connectivity index (χ0n) is 18.7. The Hall–Kier alpha value is -1.62. The minimum Gasteiger partial charge on any atom is -0.460 e. The number of hydrogen-bond donors (Lipinski definition) is 0. The van der Waals surface area contributed by atoms with Gasteiger partial charge in [-0.25, -0.2) is 9.59 Å². The number of carbonyl (C=O) groups is 2. The van der Waals surface area contributed by atoms with E-state index in [1.807, 2.05) is 6.08 Å². The molecule has 0 N–H and O–H groups in total. The van der Waals surface area contributed by atoms with Crippen LogP contribution in [0.25, 0.3) is 0 Å². The molecule has 0 aromatic carbocycles. The molecular formula is C24H42O5. The van der Waals surface area contributed by atoms with Crippen LogP contribution >= 0.6 is 0 Å². The molecule has 0 aromatic rings. The van der Waals surface area contributed by atoms with Gasteiger partial charge < -0.3 is 4.74 Å². The standard InChI is InChI=1S/C24H42O5/c1-3-5-7-9-11-13-15-17-19-23(25)27-21-22-28-29-24(26)20-18-16-14-12-10-8-6-4-2/h17-20H,3-16,21-22H2,1-2H3. The summed E-state index contributed by atoms with van der Waals surface area (Å²) in [6, 6.07) is 0. The lowest BCUT2D eigenvalue weighted by atomic mass is 10.1. The highest BCUT2D eigenvalue weighted by molar-refractivity contribution is 5.82. The number of unbranched alkanes of at least 4 members (excludes halogenated alkanes) is 12. The Labute approximate surface area is 177 Å². The summed E-state index contributed by atoms with van der Waals surface area (Å²) < 4.78 is 4.98. The fraction of sp³-hybridized carbons (Fsp3) is 0.750. The normalized spacial score (nSPS) is 11.4.